The molecule has 0 aromatic heterocycles. The van der Waals surface area contributed by atoms with Crippen LogP contribution >= 0.6 is 22.6 Å². The van der Waals surface area contributed by atoms with E-state index in [9.17, 15) is 10.2 Å². The topological polar surface area (TPSA) is 52.9 Å². The first-order valence-corrected chi connectivity index (χ1v) is 12.2. The van der Waals surface area contributed by atoms with E-state index >= 15 is 0 Å². The van der Waals surface area contributed by atoms with Gasteiger partial charge in [0.25, 0.3) is 0 Å². The highest BCUT2D eigenvalue weighted by atomic mass is 127. The zero-order chi connectivity index (χ0) is 19.0. The summed E-state index contributed by atoms with van der Waals surface area (Å²) < 4.78 is 6.29. The summed E-state index contributed by atoms with van der Waals surface area (Å²) in [5, 5.41) is 22.5. The molecule has 1 aromatic carbocycles. The van der Waals surface area contributed by atoms with E-state index in [0.717, 1.165) is 55.8 Å². The second kappa shape index (κ2) is 6.10. The van der Waals surface area contributed by atoms with Crippen molar-refractivity contribution < 1.29 is 14.9 Å². The number of aromatic hydroxyl groups is 1. The van der Waals surface area contributed by atoms with Crippen molar-refractivity contribution in [1.82, 2.24) is 4.90 Å². The van der Waals surface area contributed by atoms with E-state index in [0.29, 0.717) is 5.75 Å². The summed E-state index contributed by atoms with van der Waals surface area (Å²) in [7, 11) is 0. The Balaban J connectivity index is 0.000000777. The Morgan fingerprint density at radius 3 is 2.81 bits per heavy atom. The fourth-order valence-electron chi connectivity index (χ4n) is 6.39. The summed E-state index contributed by atoms with van der Waals surface area (Å²) >= 11 is 2.15. The molecule has 6 rings (SSSR count). The number of aliphatic hydroxyl groups is 1. The first kappa shape index (κ1) is 18.3. The highest BCUT2D eigenvalue weighted by Crippen LogP contribution is 2.66. The number of benzene rings is 1. The highest BCUT2D eigenvalue weighted by Gasteiger charge is 2.71. The van der Waals surface area contributed by atoms with Crippen LogP contribution in [0.25, 0.3) is 0 Å². The molecule has 1 saturated heterocycles. The Morgan fingerprint density at radius 2 is 2.07 bits per heavy atom. The lowest BCUT2D eigenvalue weighted by molar-refractivity contribution is -0.174. The molecule has 27 heavy (non-hydrogen) atoms. The van der Waals surface area contributed by atoms with Gasteiger partial charge in [-0.2, -0.15) is 0 Å². The maximum absolute atomic E-state index is 12.1. The molecule has 4 nitrogen and oxygen atoms in total. The molecule has 3 aliphatic carbocycles. The monoisotopic (exact) mass is 481 g/mol. The number of alkyl halides is 1. The Kier molecular flexibility index (Phi) is 4.12. The molecule has 0 amide bonds. The first-order valence-electron chi connectivity index (χ1n) is 10.1. The van der Waals surface area contributed by atoms with Crippen molar-refractivity contribution in [3.8, 4) is 11.5 Å². The van der Waals surface area contributed by atoms with Crippen molar-refractivity contribution in [3.63, 3.8) is 0 Å². The molecule has 1 unspecified atom stereocenters. The maximum Gasteiger partial charge on any atom is 0.166 e. The quantitative estimate of drug-likeness (QED) is 0.386. The lowest BCUT2D eigenvalue weighted by Crippen LogP contribution is -2.75. The number of phenols is 1. The molecule has 1 aromatic rings. The number of nitrogens with zero attached hydrogens (tertiary/aromatic N) is 1. The van der Waals surface area contributed by atoms with Crippen LogP contribution in [-0.4, -0.2) is 50.9 Å². The van der Waals surface area contributed by atoms with Crippen molar-refractivity contribution in [2.24, 2.45) is 5.92 Å². The summed E-state index contributed by atoms with van der Waals surface area (Å²) in [6, 6.07) is 3.96. The van der Waals surface area contributed by atoms with Crippen LogP contribution in [0.2, 0.25) is 0 Å². The second-order valence-electron chi connectivity index (χ2n) is 8.91. The van der Waals surface area contributed by atoms with Crippen LogP contribution < -0.4 is 4.74 Å². The molecule has 1 spiro atoms. The van der Waals surface area contributed by atoms with Crippen LogP contribution in [0.15, 0.2) is 24.3 Å². The third kappa shape index (κ3) is 2.22. The van der Waals surface area contributed by atoms with Crippen LogP contribution in [0.3, 0.4) is 0 Å². The third-order valence-electron chi connectivity index (χ3n) is 7.71. The number of halogens is 1. The van der Waals surface area contributed by atoms with Crippen LogP contribution in [0.4, 0.5) is 0 Å². The molecule has 2 N–H and O–H groups in total. The number of hydrogen-bond acceptors (Lipinski definition) is 4. The molecule has 146 valence electrons. The van der Waals surface area contributed by atoms with Gasteiger partial charge < -0.3 is 14.9 Å². The maximum atomic E-state index is 12.1. The van der Waals surface area contributed by atoms with Crippen LogP contribution in [-0.2, 0) is 11.8 Å². The van der Waals surface area contributed by atoms with E-state index in [1.54, 1.807) is 6.07 Å². The minimum atomic E-state index is -0.780. The van der Waals surface area contributed by atoms with Crippen molar-refractivity contribution >= 4 is 22.6 Å². The van der Waals surface area contributed by atoms with E-state index in [2.05, 4.69) is 34.1 Å². The van der Waals surface area contributed by atoms with Gasteiger partial charge in [-0.3, -0.25) is 4.90 Å². The Labute approximate surface area is 174 Å². The molecule has 2 aliphatic heterocycles. The largest absolute Gasteiger partial charge is 0.504 e. The number of hydrogen-bond donors (Lipinski definition) is 2. The van der Waals surface area contributed by atoms with Gasteiger partial charge in [-0.1, -0.05) is 35.2 Å². The van der Waals surface area contributed by atoms with Crippen molar-refractivity contribution in [2.45, 2.75) is 61.7 Å². The van der Waals surface area contributed by atoms with E-state index in [4.69, 9.17) is 4.74 Å². The van der Waals surface area contributed by atoms with Crippen molar-refractivity contribution in [3.05, 3.63) is 35.4 Å². The third-order valence-corrected chi connectivity index (χ3v) is 7.71. The fourth-order valence-corrected chi connectivity index (χ4v) is 6.39. The van der Waals surface area contributed by atoms with Gasteiger partial charge in [0.15, 0.2) is 11.5 Å². The van der Waals surface area contributed by atoms with Gasteiger partial charge in [-0.15, -0.1) is 0 Å². The van der Waals surface area contributed by atoms with Crippen molar-refractivity contribution in [1.29, 1.82) is 0 Å². The minimum Gasteiger partial charge on any atom is -0.504 e. The van der Waals surface area contributed by atoms with E-state index in [1.807, 2.05) is 11.0 Å². The summed E-state index contributed by atoms with van der Waals surface area (Å²) in [5.41, 5.74) is 2.21. The number of rotatable bonds is 2. The standard InChI is InChI=1S/C21H25NO3.CH3I/c1-12-6-7-21(24)16-10-14-4-5-15(23)18-17(14)20(21,19(12)25-18)8-9-22(16)11-13-2-3-13;1-2/h4-5,13,16,19,23-24H,1-3,6-11H2;1H3/t16?,19-,20-,21+;/m0./s1. The summed E-state index contributed by atoms with van der Waals surface area (Å²) in [6.07, 6.45) is 5.79. The molecule has 2 saturated carbocycles. The summed E-state index contributed by atoms with van der Waals surface area (Å²) in [6.45, 7) is 6.40. The lowest BCUT2D eigenvalue weighted by Gasteiger charge is -2.63. The van der Waals surface area contributed by atoms with E-state index in [-0.39, 0.29) is 17.9 Å². The molecular formula is C22H28INO3. The molecule has 0 radical (unpaired) electrons. The van der Waals surface area contributed by atoms with Gasteiger partial charge in [0, 0.05) is 18.2 Å². The van der Waals surface area contributed by atoms with Crippen LogP contribution in [0.5, 0.6) is 11.5 Å². The fraction of sp³-hybridized carbons (Fsp3) is 0.636. The lowest BCUT2D eigenvalue weighted by atomic mass is 9.48. The average molecular weight is 481 g/mol. The second-order valence-corrected chi connectivity index (χ2v) is 8.91. The number of ether oxygens (including phenoxy) is 1. The first-order chi connectivity index (χ1) is 13.0. The van der Waals surface area contributed by atoms with Gasteiger partial charge in [0.2, 0.25) is 0 Å². The van der Waals surface area contributed by atoms with E-state index < -0.39 is 11.0 Å². The summed E-state index contributed by atoms with van der Waals surface area (Å²) in [4.78, 5) is 4.53. The normalized spacial score (nSPS) is 38.6. The molecule has 2 bridgehead atoms. The van der Waals surface area contributed by atoms with Gasteiger partial charge in [-0.05, 0) is 73.1 Å². The summed E-state index contributed by atoms with van der Waals surface area (Å²) in [5.74, 6) is 1.64. The van der Waals surface area contributed by atoms with Crippen LogP contribution in [0.1, 0.15) is 43.2 Å². The Morgan fingerprint density at radius 1 is 1.30 bits per heavy atom. The predicted octanol–water partition coefficient (Wildman–Crippen LogP) is 3.56. The number of piperidine rings is 1. The Bertz CT molecular complexity index is 807. The SMILES string of the molecule is C=C1CC[C@@]2(O)C3Cc4ccc(O)c5c4[C@@]2(CCN3CC2CC2)[C@H]1O5.CI. The zero-order valence-corrected chi connectivity index (χ0v) is 18.0. The predicted molar refractivity (Wildman–Crippen MR) is 114 cm³/mol. The minimum absolute atomic E-state index is 0.157. The molecule has 5 aliphatic rings. The number of phenolic OH excluding ortho intramolecular Hbond substituents is 1. The van der Waals surface area contributed by atoms with Crippen LogP contribution in [0, 0.1) is 5.92 Å². The average Bonchev–Trinajstić information content (AvgIpc) is 3.41. The Hall–Kier alpha value is -0.790. The van der Waals surface area contributed by atoms with Gasteiger partial charge in [0.1, 0.15) is 6.10 Å². The molecule has 4 atom stereocenters. The van der Waals surface area contributed by atoms with Gasteiger partial charge >= 0.3 is 0 Å². The van der Waals surface area contributed by atoms with Gasteiger partial charge in [0.05, 0.1) is 11.0 Å². The van der Waals surface area contributed by atoms with E-state index in [1.165, 1.54) is 18.4 Å². The molecular weight excluding hydrogens is 453 g/mol. The molecule has 2 heterocycles. The number of likely N-dealkylation sites (tertiary alicyclic amines) is 1. The van der Waals surface area contributed by atoms with Gasteiger partial charge in [-0.25, -0.2) is 0 Å². The molecule has 3 fully saturated rings. The zero-order valence-electron chi connectivity index (χ0n) is 15.9. The molecule has 5 heteroatoms. The van der Waals surface area contributed by atoms with Crippen molar-refractivity contribution in [2.75, 3.05) is 18.0 Å². The highest BCUT2D eigenvalue weighted by molar-refractivity contribution is 14.1. The smallest absolute Gasteiger partial charge is 0.166 e.